The minimum atomic E-state index is -0.570. The number of hydrogen-bond donors (Lipinski definition) is 1. The summed E-state index contributed by atoms with van der Waals surface area (Å²) < 4.78 is 14.1. The molecule has 3 nitrogen and oxygen atoms in total. The van der Waals surface area contributed by atoms with Crippen molar-refractivity contribution in [1.29, 1.82) is 5.26 Å². The van der Waals surface area contributed by atoms with Crippen molar-refractivity contribution in [2.45, 2.75) is 13.3 Å². The predicted molar refractivity (Wildman–Crippen MR) is 119 cm³/mol. The molecule has 0 saturated heterocycles. The van der Waals surface area contributed by atoms with Crippen molar-refractivity contribution >= 4 is 40.9 Å². The van der Waals surface area contributed by atoms with Crippen molar-refractivity contribution in [2.75, 3.05) is 5.32 Å². The molecule has 150 valence electrons. The van der Waals surface area contributed by atoms with Gasteiger partial charge in [0.25, 0.3) is 5.91 Å². The molecule has 0 aromatic heterocycles. The fourth-order valence-corrected chi connectivity index (χ4v) is 3.28. The van der Waals surface area contributed by atoms with Gasteiger partial charge in [-0.15, -0.1) is 0 Å². The predicted octanol–water partition coefficient (Wildman–Crippen LogP) is 6.58. The van der Waals surface area contributed by atoms with Crippen LogP contribution in [0.3, 0.4) is 0 Å². The molecule has 3 aromatic rings. The quantitative estimate of drug-likeness (QED) is 0.361. The minimum Gasteiger partial charge on any atom is -0.321 e. The highest BCUT2D eigenvalue weighted by Gasteiger charge is 2.14. The van der Waals surface area contributed by atoms with Gasteiger partial charge >= 0.3 is 0 Å². The van der Waals surface area contributed by atoms with E-state index in [1.807, 2.05) is 13.0 Å². The third-order valence-corrected chi connectivity index (χ3v) is 5.03. The Labute approximate surface area is 184 Å². The number of nitriles is 1. The maximum absolute atomic E-state index is 14.1. The van der Waals surface area contributed by atoms with Gasteiger partial charge in [0.05, 0.1) is 0 Å². The fourth-order valence-electron chi connectivity index (χ4n) is 2.93. The molecule has 1 amide bonds. The molecular formula is C24H17Cl2FN2O. The van der Waals surface area contributed by atoms with Crippen LogP contribution in [0.2, 0.25) is 10.0 Å². The number of aryl methyl sites for hydroxylation is 1. The number of carbonyl (C=O) groups excluding carboxylic acids is 1. The summed E-state index contributed by atoms with van der Waals surface area (Å²) in [5.74, 6) is -0.892. The second-order valence-corrected chi connectivity index (χ2v) is 7.57. The standard InChI is InChI=1S/C24H17Cl2FN2O/c1-15-6-8-21(26)13-23(15)29-24(30)19(14-28)11-18-12-20(25)9-7-16(18)10-17-4-2-3-5-22(17)27/h2-9,11-13H,10H2,1H3,(H,29,30)/b19-11+. The van der Waals surface area contributed by atoms with Crippen LogP contribution in [0.1, 0.15) is 22.3 Å². The number of rotatable bonds is 5. The van der Waals surface area contributed by atoms with Crippen LogP contribution in [0.15, 0.2) is 66.2 Å². The Kier molecular flexibility index (Phi) is 6.89. The van der Waals surface area contributed by atoms with E-state index in [0.29, 0.717) is 33.3 Å². The van der Waals surface area contributed by atoms with Gasteiger partial charge in [-0.2, -0.15) is 5.26 Å². The Morgan fingerprint density at radius 2 is 1.77 bits per heavy atom. The maximum atomic E-state index is 14.1. The first-order valence-corrected chi connectivity index (χ1v) is 9.84. The fraction of sp³-hybridized carbons (Fsp3) is 0.0833. The maximum Gasteiger partial charge on any atom is 0.266 e. The summed E-state index contributed by atoms with van der Waals surface area (Å²) in [5.41, 5.74) is 3.04. The Morgan fingerprint density at radius 1 is 1.07 bits per heavy atom. The van der Waals surface area contributed by atoms with Crippen molar-refractivity contribution in [3.05, 3.63) is 104 Å². The van der Waals surface area contributed by atoms with E-state index in [0.717, 1.165) is 11.1 Å². The molecule has 0 unspecified atom stereocenters. The molecule has 1 N–H and O–H groups in total. The first kappa shape index (κ1) is 21.6. The number of nitrogens with one attached hydrogen (secondary N) is 1. The summed E-state index contributed by atoms with van der Waals surface area (Å²) in [4.78, 5) is 12.7. The molecule has 3 rings (SSSR count). The van der Waals surface area contributed by atoms with Crippen LogP contribution < -0.4 is 5.32 Å². The number of amides is 1. The number of nitrogens with zero attached hydrogens (tertiary/aromatic N) is 1. The van der Waals surface area contributed by atoms with E-state index < -0.39 is 5.91 Å². The number of carbonyl (C=O) groups is 1. The zero-order chi connectivity index (χ0) is 21.7. The van der Waals surface area contributed by atoms with Gasteiger partial charge in [0, 0.05) is 22.2 Å². The van der Waals surface area contributed by atoms with E-state index in [4.69, 9.17) is 23.2 Å². The molecule has 0 saturated carbocycles. The highest BCUT2D eigenvalue weighted by Crippen LogP contribution is 2.24. The summed E-state index contributed by atoms with van der Waals surface area (Å²) in [6, 6.07) is 18.6. The smallest absolute Gasteiger partial charge is 0.266 e. The summed E-state index contributed by atoms with van der Waals surface area (Å²) in [6.45, 7) is 1.82. The van der Waals surface area contributed by atoms with Crippen LogP contribution >= 0.6 is 23.2 Å². The van der Waals surface area contributed by atoms with Crippen molar-refractivity contribution in [3.63, 3.8) is 0 Å². The summed E-state index contributed by atoms with van der Waals surface area (Å²) in [5, 5.41) is 13.2. The zero-order valence-electron chi connectivity index (χ0n) is 16.0. The molecule has 3 aromatic carbocycles. The Bertz CT molecular complexity index is 1180. The molecule has 0 spiro atoms. The summed E-state index contributed by atoms with van der Waals surface area (Å²) >= 11 is 12.1. The third kappa shape index (κ3) is 5.27. The minimum absolute atomic E-state index is 0.105. The van der Waals surface area contributed by atoms with Crippen LogP contribution in [-0.4, -0.2) is 5.91 Å². The number of halogens is 3. The number of anilines is 1. The van der Waals surface area contributed by atoms with Gasteiger partial charge in [0.15, 0.2) is 0 Å². The van der Waals surface area contributed by atoms with E-state index in [-0.39, 0.29) is 11.4 Å². The second kappa shape index (κ2) is 9.58. The lowest BCUT2D eigenvalue weighted by Crippen LogP contribution is -2.14. The lowest BCUT2D eigenvalue weighted by atomic mass is 9.98. The largest absolute Gasteiger partial charge is 0.321 e. The van der Waals surface area contributed by atoms with Crippen LogP contribution in [0.4, 0.5) is 10.1 Å². The van der Waals surface area contributed by atoms with E-state index >= 15 is 0 Å². The Hall–Kier alpha value is -3.13. The molecule has 0 bridgehead atoms. The van der Waals surface area contributed by atoms with E-state index in [1.54, 1.807) is 54.6 Å². The van der Waals surface area contributed by atoms with Crippen LogP contribution in [-0.2, 0) is 11.2 Å². The van der Waals surface area contributed by atoms with Crippen molar-refractivity contribution in [2.24, 2.45) is 0 Å². The van der Waals surface area contributed by atoms with Crippen molar-refractivity contribution in [3.8, 4) is 6.07 Å². The summed E-state index contributed by atoms with van der Waals surface area (Å²) in [6.07, 6.45) is 1.75. The number of benzene rings is 3. The molecular weight excluding hydrogens is 422 g/mol. The molecule has 0 atom stereocenters. The zero-order valence-corrected chi connectivity index (χ0v) is 17.6. The topological polar surface area (TPSA) is 52.9 Å². The molecule has 6 heteroatoms. The highest BCUT2D eigenvalue weighted by atomic mass is 35.5. The molecule has 0 radical (unpaired) electrons. The lowest BCUT2D eigenvalue weighted by Gasteiger charge is -2.10. The SMILES string of the molecule is Cc1ccc(Cl)cc1NC(=O)/C(C#N)=C/c1cc(Cl)ccc1Cc1ccccc1F. The molecule has 0 heterocycles. The van der Waals surface area contributed by atoms with Gasteiger partial charge in [0.2, 0.25) is 0 Å². The normalized spacial score (nSPS) is 11.1. The Balaban J connectivity index is 1.94. The molecule has 0 aliphatic rings. The highest BCUT2D eigenvalue weighted by molar-refractivity contribution is 6.31. The van der Waals surface area contributed by atoms with Crippen LogP contribution in [0, 0.1) is 24.1 Å². The monoisotopic (exact) mass is 438 g/mol. The molecule has 0 aliphatic heterocycles. The number of hydrogen-bond acceptors (Lipinski definition) is 2. The average Bonchev–Trinajstić information content (AvgIpc) is 2.72. The molecule has 0 aliphatic carbocycles. The van der Waals surface area contributed by atoms with Gasteiger partial charge in [-0.25, -0.2) is 4.39 Å². The molecule has 0 fully saturated rings. The van der Waals surface area contributed by atoms with E-state index in [2.05, 4.69) is 5.32 Å². The average molecular weight is 439 g/mol. The first-order chi connectivity index (χ1) is 14.4. The second-order valence-electron chi connectivity index (χ2n) is 6.69. The van der Waals surface area contributed by atoms with Gasteiger partial charge in [-0.1, -0.05) is 53.5 Å². The van der Waals surface area contributed by atoms with Crippen molar-refractivity contribution < 1.29 is 9.18 Å². The van der Waals surface area contributed by atoms with Crippen LogP contribution in [0.5, 0.6) is 0 Å². The van der Waals surface area contributed by atoms with Gasteiger partial charge < -0.3 is 5.32 Å². The Morgan fingerprint density at radius 3 is 2.50 bits per heavy atom. The van der Waals surface area contributed by atoms with E-state index in [9.17, 15) is 14.4 Å². The van der Waals surface area contributed by atoms with Gasteiger partial charge in [0.1, 0.15) is 17.5 Å². The first-order valence-electron chi connectivity index (χ1n) is 9.08. The van der Waals surface area contributed by atoms with Crippen LogP contribution in [0.25, 0.3) is 6.08 Å². The summed E-state index contributed by atoms with van der Waals surface area (Å²) in [7, 11) is 0. The molecule has 30 heavy (non-hydrogen) atoms. The van der Waals surface area contributed by atoms with E-state index in [1.165, 1.54) is 12.1 Å². The van der Waals surface area contributed by atoms with Crippen molar-refractivity contribution in [1.82, 2.24) is 0 Å². The third-order valence-electron chi connectivity index (χ3n) is 4.56. The van der Waals surface area contributed by atoms with Gasteiger partial charge in [-0.3, -0.25) is 4.79 Å². The van der Waals surface area contributed by atoms with Gasteiger partial charge in [-0.05, 0) is 65.6 Å². The lowest BCUT2D eigenvalue weighted by molar-refractivity contribution is -0.112.